The third kappa shape index (κ3) is 2.56. The van der Waals surface area contributed by atoms with Crippen molar-refractivity contribution in [1.29, 1.82) is 10.5 Å². The van der Waals surface area contributed by atoms with Gasteiger partial charge in [-0.05, 0) is 20.8 Å². The van der Waals surface area contributed by atoms with Crippen LogP contribution in [0.15, 0.2) is 46.8 Å². The van der Waals surface area contributed by atoms with Gasteiger partial charge in [-0.25, -0.2) is 0 Å². The smallest absolute Gasteiger partial charge is 0.273 e. The molecule has 0 spiro atoms. The molecule has 0 bridgehead atoms. The lowest BCUT2D eigenvalue weighted by Crippen LogP contribution is -2.29. The molecule has 0 atom stereocenters. The van der Waals surface area contributed by atoms with Crippen LogP contribution < -0.4 is 0 Å². The van der Waals surface area contributed by atoms with E-state index >= 15 is 0 Å². The number of hydrogen-bond donors (Lipinski definition) is 0. The van der Waals surface area contributed by atoms with E-state index in [2.05, 4.69) is 12.1 Å². The van der Waals surface area contributed by atoms with E-state index in [4.69, 9.17) is 0 Å². The van der Waals surface area contributed by atoms with Crippen LogP contribution in [0, 0.1) is 32.8 Å². The predicted octanol–water partition coefficient (Wildman–Crippen LogP) is 3.61. The van der Waals surface area contributed by atoms with Crippen LogP contribution in [-0.2, 0) is 0 Å². The fourth-order valence-electron chi connectivity index (χ4n) is 3.08. The Morgan fingerprint density at radius 3 is 2.13 bits per heavy atom. The molecule has 0 aliphatic carbocycles. The molecule has 0 saturated heterocycles. The van der Waals surface area contributed by atoms with Crippen LogP contribution >= 0.6 is 0 Å². The second kappa shape index (κ2) is 6.33. The molecule has 1 aliphatic rings. The molecule has 0 amide bonds. The number of nitrogens with zero attached hydrogens (tertiary/aromatic N) is 4. The number of allylic oxidation sites excluding steroid dienone is 4. The zero-order valence-electron chi connectivity index (χ0n) is 13.2. The zero-order valence-corrected chi connectivity index (χ0v) is 13.2. The van der Waals surface area contributed by atoms with Gasteiger partial charge in [0.05, 0.1) is 34.1 Å². The number of benzene rings is 1. The number of hydrogen-bond acceptors (Lipinski definition) is 5. The summed E-state index contributed by atoms with van der Waals surface area (Å²) >= 11 is 0. The quantitative estimate of drug-likeness (QED) is 0.628. The van der Waals surface area contributed by atoms with E-state index in [1.807, 2.05) is 25.7 Å². The molecule has 0 unspecified atom stereocenters. The minimum atomic E-state index is -0.700. The first-order valence-corrected chi connectivity index (χ1v) is 7.20. The van der Waals surface area contributed by atoms with E-state index in [0.29, 0.717) is 23.3 Å². The van der Waals surface area contributed by atoms with Gasteiger partial charge in [0.2, 0.25) is 0 Å². The molecule has 1 aliphatic heterocycles. The summed E-state index contributed by atoms with van der Waals surface area (Å²) < 4.78 is 0. The molecular formula is C17H16N4O2. The Morgan fingerprint density at radius 1 is 1.17 bits per heavy atom. The molecular weight excluding hydrogens is 292 g/mol. The Kier molecular flexibility index (Phi) is 4.47. The third-order valence-corrected chi connectivity index (χ3v) is 4.17. The van der Waals surface area contributed by atoms with Crippen molar-refractivity contribution in [3.63, 3.8) is 0 Å². The van der Waals surface area contributed by atoms with Crippen molar-refractivity contribution in [3.8, 4) is 12.1 Å². The highest BCUT2D eigenvalue weighted by Crippen LogP contribution is 2.43. The van der Waals surface area contributed by atoms with Gasteiger partial charge in [0.1, 0.15) is 0 Å². The van der Waals surface area contributed by atoms with Crippen LogP contribution in [0.1, 0.15) is 32.3 Å². The maximum absolute atomic E-state index is 11.3. The van der Waals surface area contributed by atoms with Crippen molar-refractivity contribution in [1.82, 2.24) is 4.90 Å². The first kappa shape index (κ1) is 16.3. The Labute approximate surface area is 134 Å². The molecule has 0 fully saturated rings. The summed E-state index contributed by atoms with van der Waals surface area (Å²) in [5.74, 6) is -0.700. The van der Waals surface area contributed by atoms with Crippen molar-refractivity contribution in [2.75, 3.05) is 6.54 Å². The summed E-state index contributed by atoms with van der Waals surface area (Å²) in [4.78, 5) is 12.8. The van der Waals surface area contributed by atoms with E-state index in [1.165, 1.54) is 6.07 Å². The van der Waals surface area contributed by atoms with Crippen LogP contribution in [-0.4, -0.2) is 16.4 Å². The largest absolute Gasteiger partial charge is 0.347 e. The molecule has 1 aromatic carbocycles. The molecule has 0 N–H and O–H groups in total. The van der Waals surface area contributed by atoms with Crippen molar-refractivity contribution < 1.29 is 4.92 Å². The predicted molar refractivity (Wildman–Crippen MR) is 84.8 cm³/mol. The van der Waals surface area contributed by atoms with Gasteiger partial charge in [-0.1, -0.05) is 18.2 Å². The highest BCUT2D eigenvalue weighted by Gasteiger charge is 2.35. The zero-order chi connectivity index (χ0) is 17.1. The highest BCUT2D eigenvalue weighted by molar-refractivity contribution is 5.59. The Morgan fingerprint density at radius 2 is 1.70 bits per heavy atom. The van der Waals surface area contributed by atoms with Gasteiger partial charge in [0.15, 0.2) is 0 Å². The Bertz CT molecular complexity index is 771. The maximum Gasteiger partial charge on any atom is 0.273 e. The molecule has 2 rings (SSSR count). The summed E-state index contributed by atoms with van der Waals surface area (Å²) in [6, 6.07) is 10.6. The first-order valence-electron chi connectivity index (χ1n) is 7.20. The van der Waals surface area contributed by atoms with E-state index in [-0.39, 0.29) is 5.69 Å². The van der Waals surface area contributed by atoms with Crippen LogP contribution in [0.5, 0.6) is 0 Å². The van der Waals surface area contributed by atoms with Crippen molar-refractivity contribution in [2.45, 2.75) is 26.7 Å². The molecule has 6 heteroatoms. The molecule has 1 heterocycles. The van der Waals surface area contributed by atoms with Crippen LogP contribution in [0.25, 0.3) is 0 Å². The molecule has 0 saturated carbocycles. The molecule has 6 nitrogen and oxygen atoms in total. The topological polar surface area (TPSA) is 94.0 Å². The normalized spacial score (nSPS) is 15.4. The average molecular weight is 308 g/mol. The minimum absolute atomic E-state index is 0.0800. The van der Waals surface area contributed by atoms with Gasteiger partial charge in [-0.15, -0.1) is 0 Å². The number of nitro groups is 1. The fraction of sp³-hybridized carbons (Fsp3) is 0.294. The van der Waals surface area contributed by atoms with Gasteiger partial charge in [-0.2, -0.15) is 10.5 Å². The van der Waals surface area contributed by atoms with E-state index < -0.39 is 10.8 Å². The van der Waals surface area contributed by atoms with Gasteiger partial charge in [0, 0.05) is 29.6 Å². The summed E-state index contributed by atoms with van der Waals surface area (Å²) in [6.45, 7) is 6.17. The second-order valence-electron chi connectivity index (χ2n) is 5.21. The van der Waals surface area contributed by atoms with Crippen LogP contribution in [0.4, 0.5) is 5.69 Å². The lowest BCUT2D eigenvalue weighted by Gasteiger charge is -2.34. The Balaban J connectivity index is 2.79. The fourth-order valence-corrected chi connectivity index (χ4v) is 3.08. The molecule has 0 radical (unpaired) electrons. The third-order valence-electron chi connectivity index (χ3n) is 4.17. The second-order valence-corrected chi connectivity index (χ2v) is 5.21. The maximum atomic E-state index is 11.3. The monoisotopic (exact) mass is 308 g/mol. The minimum Gasteiger partial charge on any atom is -0.347 e. The van der Waals surface area contributed by atoms with E-state index in [1.54, 1.807) is 18.2 Å². The number of rotatable bonds is 3. The molecule has 23 heavy (non-hydrogen) atoms. The lowest BCUT2D eigenvalue weighted by atomic mass is 9.80. The van der Waals surface area contributed by atoms with Crippen molar-refractivity contribution in [2.24, 2.45) is 0 Å². The van der Waals surface area contributed by atoms with Gasteiger partial charge >= 0.3 is 0 Å². The molecule has 0 aromatic heterocycles. The SMILES string of the molecule is CCN1C(C)=C(C#N)C(c2ccccc2[N+](=O)[O-])C(C#N)=C1C. The number of nitriles is 2. The van der Waals surface area contributed by atoms with Gasteiger partial charge in [0.25, 0.3) is 5.69 Å². The number of para-hydroxylation sites is 1. The Hall–Kier alpha value is -3.12. The summed E-state index contributed by atoms with van der Waals surface area (Å²) in [5.41, 5.74) is 2.51. The van der Waals surface area contributed by atoms with Gasteiger partial charge < -0.3 is 4.90 Å². The summed E-state index contributed by atoms with van der Waals surface area (Å²) in [7, 11) is 0. The van der Waals surface area contributed by atoms with Crippen molar-refractivity contribution in [3.05, 3.63) is 62.5 Å². The highest BCUT2D eigenvalue weighted by atomic mass is 16.6. The molecule has 116 valence electrons. The van der Waals surface area contributed by atoms with Gasteiger partial charge in [-0.3, -0.25) is 10.1 Å². The van der Waals surface area contributed by atoms with E-state index in [0.717, 1.165) is 11.4 Å². The average Bonchev–Trinajstić information content (AvgIpc) is 2.54. The molecule has 1 aromatic rings. The standard InChI is InChI=1S/C17H16N4O2/c1-4-20-11(2)14(9-18)17(15(10-19)12(20)3)13-7-5-6-8-16(13)21(22)23/h5-8,17H,4H2,1-3H3. The number of nitro benzene ring substituents is 1. The lowest BCUT2D eigenvalue weighted by molar-refractivity contribution is -0.385. The summed E-state index contributed by atoms with van der Waals surface area (Å²) in [6.07, 6.45) is 0. The van der Waals surface area contributed by atoms with Crippen molar-refractivity contribution >= 4 is 5.69 Å². The van der Waals surface area contributed by atoms with Crippen LogP contribution in [0.2, 0.25) is 0 Å². The van der Waals surface area contributed by atoms with Crippen LogP contribution in [0.3, 0.4) is 0 Å². The summed E-state index contributed by atoms with van der Waals surface area (Å²) in [5, 5.41) is 30.5. The first-order chi connectivity index (χ1) is 11.0. The van der Waals surface area contributed by atoms with E-state index in [9.17, 15) is 20.6 Å².